The number of fused-ring (bicyclic) bond motifs is 1. The van der Waals surface area contributed by atoms with Crippen LogP contribution in [0.2, 0.25) is 0 Å². The number of anilines is 1. The summed E-state index contributed by atoms with van der Waals surface area (Å²) in [6, 6.07) is 3.51. The van der Waals surface area contributed by atoms with E-state index in [0.717, 1.165) is 43.1 Å². The number of aromatic amines is 1. The van der Waals surface area contributed by atoms with Crippen LogP contribution in [0.3, 0.4) is 0 Å². The van der Waals surface area contributed by atoms with Gasteiger partial charge < -0.3 is 4.98 Å². The Labute approximate surface area is 130 Å². The minimum atomic E-state index is -4.52. The number of aromatic nitrogens is 3. The number of nitrogens with zero attached hydrogens (tertiary/aromatic N) is 2. The number of rotatable bonds is 3. The second-order valence-electron chi connectivity index (χ2n) is 5.45. The molecule has 0 unspecified atom stereocenters. The number of nitrogens with one attached hydrogen (secondary N) is 2. The van der Waals surface area contributed by atoms with E-state index < -0.39 is 17.8 Å². The van der Waals surface area contributed by atoms with Gasteiger partial charge in [0.2, 0.25) is 11.9 Å². The van der Waals surface area contributed by atoms with Gasteiger partial charge in [-0.2, -0.15) is 13.2 Å². The van der Waals surface area contributed by atoms with Gasteiger partial charge in [0.05, 0.1) is 17.8 Å². The summed E-state index contributed by atoms with van der Waals surface area (Å²) in [7, 11) is 0. The fourth-order valence-corrected chi connectivity index (χ4v) is 2.59. The van der Waals surface area contributed by atoms with E-state index in [1.54, 1.807) is 0 Å². The Morgan fingerprint density at radius 1 is 1.22 bits per heavy atom. The van der Waals surface area contributed by atoms with Gasteiger partial charge in [-0.15, -0.1) is 0 Å². The van der Waals surface area contributed by atoms with E-state index in [1.165, 1.54) is 12.1 Å². The van der Waals surface area contributed by atoms with Crippen molar-refractivity contribution in [1.29, 1.82) is 0 Å². The Bertz CT molecular complexity index is 700. The molecule has 0 atom stereocenters. The molecule has 1 aliphatic rings. The Balaban J connectivity index is 1.66. The second-order valence-corrected chi connectivity index (χ2v) is 5.45. The molecule has 0 fully saturated rings. The molecule has 0 aromatic carbocycles. The van der Waals surface area contributed by atoms with Gasteiger partial charge in [-0.3, -0.25) is 10.1 Å². The van der Waals surface area contributed by atoms with Gasteiger partial charge in [0.25, 0.3) is 0 Å². The molecule has 1 aliphatic carbocycles. The highest BCUT2D eigenvalue weighted by molar-refractivity contribution is 5.90. The van der Waals surface area contributed by atoms with Gasteiger partial charge in [0.15, 0.2) is 0 Å². The van der Waals surface area contributed by atoms with Crippen molar-refractivity contribution in [3.8, 4) is 0 Å². The van der Waals surface area contributed by atoms with Gasteiger partial charge in [-0.1, -0.05) is 6.07 Å². The van der Waals surface area contributed by atoms with Gasteiger partial charge in [0.1, 0.15) is 5.69 Å². The molecular weight excluding hydrogens is 309 g/mol. The van der Waals surface area contributed by atoms with Crippen molar-refractivity contribution < 1.29 is 18.0 Å². The van der Waals surface area contributed by atoms with Crippen molar-refractivity contribution in [2.45, 2.75) is 38.3 Å². The highest BCUT2D eigenvalue weighted by Crippen LogP contribution is 2.27. The summed E-state index contributed by atoms with van der Waals surface area (Å²) in [6.45, 7) is 0. The van der Waals surface area contributed by atoms with E-state index in [2.05, 4.69) is 20.3 Å². The van der Waals surface area contributed by atoms with Crippen LogP contribution < -0.4 is 5.32 Å². The molecule has 23 heavy (non-hydrogen) atoms. The molecular formula is C15H15F3N4O. The van der Waals surface area contributed by atoms with Gasteiger partial charge in [-0.05, 0) is 37.8 Å². The normalized spacial score (nSPS) is 14.4. The summed E-state index contributed by atoms with van der Waals surface area (Å²) in [5, 5.41) is 2.58. The quantitative estimate of drug-likeness (QED) is 0.912. The predicted molar refractivity (Wildman–Crippen MR) is 76.8 cm³/mol. The lowest BCUT2D eigenvalue weighted by molar-refractivity contribution is -0.141. The number of amides is 1. The van der Waals surface area contributed by atoms with Crippen molar-refractivity contribution >= 4 is 11.9 Å². The Kier molecular flexibility index (Phi) is 4.06. The summed E-state index contributed by atoms with van der Waals surface area (Å²) in [5.41, 5.74) is 1.03. The number of carbonyl (C=O) groups excluding carboxylic acids is 1. The molecule has 5 nitrogen and oxygen atoms in total. The van der Waals surface area contributed by atoms with Crippen LogP contribution in [0.25, 0.3) is 0 Å². The first-order valence-corrected chi connectivity index (χ1v) is 7.32. The molecule has 0 saturated carbocycles. The fraction of sp³-hybridized carbons (Fsp3) is 0.400. The third-order valence-corrected chi connectivity index (χ3v) is 3.65. The highest BCUT2D eigenvalue weighted by atomic mass is 19.4. The van der Waals surface area contributed by atoms with E-state index in [9.17, 15) is 18.0 Å². The molecule has 0 bridgehead atoms. The molecule has 2 aromatic rings. The molecule has 0 radical (unpaired) electrons. The van der Waals surface area contributed by atoms with E-state index in [-0.39, 0.29) is 12.1 Å². The second kappa shape index (κ2) is 6.02. The van der Waals surface area contributed by atoms with Crippen LogP contribution in [0.5, 0.6) is 0 Å². The number of imidazole rings is 1. The predicted octanol–water partition coefficient (Wildman–Crippen LogP) is 2.88. The van der Waals surface area contributed by atoms with Crippen molar-refractivity contribution in [2.24, 2.45) is 0 Å². The number of alkyl halides is 3. The zero-order valence-corrected chi connectivity index (χ0v) is 12.2. The van der Waals surface area contributed by atoms with Crippen molar-refractivity contribution in [3.05, 3.63) is 41.0 Å². The molecule has 8 heteroatoms. The zero-order chi connectivity index (χ0) is 16.4. The maximum Gasteiger partial charge on any atom is 0.433 e. The summed E-state index contributed by atoms with van der Waals surface area (Å²) < 4.78 is 37.8. The summed E-state index contributed by atoms with van der Waals surface area (Å²) in [6.07, 6.45) is -0.845. The van der Waals surface area contributed by atoms with E-state index in [1.807, 2.05) is 0 Å². The monoisotopic (exact) mass is 324 g/mol. The molecule has 2 N–H and O–H groups in total. The number of pyridine rings is 1. The number of carbonyl (C=O) groups is 1. The highest BCUT2D eigenvalue weighted by Gasteiger charge is 2.32. The van der Waals surface area contributed by atoms with E-state index in [4.69, 9.17) is 0 Å². The van der Waals surface area contributed by atoms with Crippen LogP contribution in [0.1, 0.15) is 35.6 Å². The Hall–Kier alpha value is -2.38. The number of halogens is 3. The van der Waals surface area contributed by atoms with Crippen LogP contribution >= 0.6 is 0 Å². The van der Waals surface area contributed by atoms with Gasteiger partial charge in [-0.25, -0.2) is 9.97 Å². The van der Waals surface area contributed by atoms with Crippen LogP contribution in [0.15, 0.2) is 18.2 Å². The van der Waals surface area contributed by atoms with Crippen molar-refractivity contribution in [3.63, 3.8) is 0 Å². The van der Waals surface area contributed by atoms with Crippen LogP contribution in [-0.2, 0) is 30.2 Å². The van der Waals surface area contributed by atoms with Crippen LogP contribution in [0, 0.1) is 0 Å². The first-order chi connectivity index (χ1) is 10.9. The molecule has 2 heterocycles. The molecule has 0 aliphatic heterocycles. The molecule has 0 spiro atoms. The maximum absolute atomic E-state index is 12.6. The lowest BCUT2D eigenvalue weighted by atomic mass is 10.0. The fourth-order valence-electron chi connectivity index (χ4n) is 2.59. The number of aryl methyl sites for hydroxylation is 2. The lowest BCUT2D eigenvalue weighted by Gasteiger charge is -2.07. The van der Waals surface area contributed by atoms with Crippen molar-refractivity contribution in [2.75, 3.05) is 5.32 Å². The third-order valence-electron chi connectivity index (χ3n) is 3.65. The molecule has 1 amide bonds. The summed E-state index contributed by atoms with van der Waals surface area (Å²) in [4.78, 5) is 22.8. The maximum atomic E-state index is 12.6. The third kappa shape index (κ3) is 3.69. The number of H-pyrrole nitrogens is 1. The van der Waals surface area contributed by atoms with Crippen molar-refractivity contribution in [1.82, 2.24) is 15.0 Å². The first-order valence-electron chi connectivity index (χ1n) is 7.32. The number of hydrogen-bond acceptors (Lipinski definition) is 3. The lowest BCUT2D eigenvalue weighted by Crippen LogP contribution is -2.17. The topological polar surface area (TPSA) is 70.7 Å². The van der Waals surface area contributed by atoms with E-state index in [0.29, 0.717) is 5.95 Å². The Morgan fingerprint density at radius 2 is 2.00 bits per heavy atom. The average molecular weight is 324 g/mol. The zero-order valence-electron chi connectivity index (χ0n) is 12.2. The molecule has 3 rings (SSSR count). The van der Waals surface area contributed by atoms with Crippen LogP contribution in [0.4, 0.5) is 19.1 Å². The van der Waals surface area contributed by atoms with Gasteiger partial charge in [0, 0.05) is 5.69 Å². The standard InChI is InChI=1S/C15H15F3N4O/c16-15(17,18)12-7-3-4-9(19-12)8-13(23)22-14-20-10-5-1-2-6-11(10)21-14/h3-4,7H,1-2,5-6,8H2,(H2,20,21,22,23). The minimum Gasteiger partial charge on any atom is -0.328 e. The minimum absolute atomic E-state index is 0.0636. The summed E-state index contributed by atoms with van der Waals surface area (Å²) >= 11 is 0. The number of hydrogen-bond donors (Lipinski definition) is 2. The van der Waals surface area contributed by atoms with Gasteiger partial charge >= 0.3 is 6.18 Å². The smallest absolute Gasteiger partial charge is 0.328 e. The molecule has 0 saturated heterocycles. The van der Waals surface area contributed by atoms with E-state index >= 15 is 0 Å². The SMILES string of the molecule is O=C(Cc1cccc(C(F)(F)F)n1)Nc1nc2c([nH]1)CCCC2. The first kappa shape index (κ1) is 15.5. The Morgan fingerprint density at radius 3 is 2.74 bits per heavy atom. The molecule has 2 aromatic heterocycles. The average Bonchev–Trinajstić information content (AvgIpc) is 2.88. The largest absolute Gasteiger partial charge is 0.433 e. The summed E-state index contributed by atoms with van der Waals surface area (Å²) in [5.74, 6) is -0.114. The molecule has 122 valence electrons. The van der Waals surface area contributed by atoms with Crippen LogP contribution in [-0.4, -0.2) is 20.9 Å².